The number of likely N-dealkylation sites (tertiary alicyclic amines) is 1. The second kappa shape index (κ2) is 4.41. The Bertz CT molecular complexity index is 425. The standard InChI is InChI=1S/C12H19N3O2/c1-8(16)9-3-4-15(6-9)12(17)11-5-10(13)7-14(11)2/h5,7-9,16H,3-4,6,13H2,1-2H3. The molecule has 5 nitrogen and oxygen atoms in total. The molecule has 1 aliphatic rings. The fourth-order valence-corrected chi connectivity index (χ4v) is 2.33. The Morgan fingerprint density at radius 2 is 2.35 bits per heavy atom. The van der Waals surface area contributed by atoms with Crippen LogP contribution >= 0.6 is 0 Å². The molecule has 94 valence electrons. The molecule has 3 N–H and O–H groups in total. The van der Waals surface area contributed by atoms with Gasteiger partial charge in [-0.15, -0.1) is 0 Å². The third-order valence-corrected chi connectivity index (χ3v) is 3.44. The van der Waals surface area contributed by atoms with Crippen LogP contribution in [0.3, 0.4) is 0 Å². The van der Waals surface area contributed by atoms with Gasteiger partial charge < -0.3 is 20.3 Å². The van der Waals surface area contributed by atoms with E-state index in [9.17, 15) is 9.90 Å². The van der Waals surface area contributed by atoms with Crippen LogP contribution in [-0.2, 0) is 7.05 Å². The number of carbonyl (C=O) groups excluding carboxylic acids is 1. The third kappa shape index (κ3) is 2.29. The van der Waals surface area contributed by atoms with Crippen molar-refractivity contribution in [2.24, 2.45) is 13.0 Å². The highest BCUT2D eigenvalue weighted by molar-refractivity contribution is 5.94. The highest BCUT2D eigenvalue weighted by Crippen LogP contribution is 2.22. The Hall–Kier alpha value is -1.49. The molecule has 5 heteroatoms. The highest BCUT2D eigenvalue weighted by atomic mass is 16.3. The van der Waals surface area contributed by atoms with Gasteiger partial charge in [-0.2, -0.15) is 0 Å². The first-order valence-corrected chi connectivity index (χ1v) is 5.88. The molecule has 0 aromatic carbocycles. The summed E-state index contributed by atoms with van der Waals surface area (Å²) in [6.45, 7) is 3.11. The SMILES string of the molecule is CC(O)C1CCN(C(=O)c2cc(N)cn2C)C1. The highest BCUT2D eigenvalue weighted by Gasteiger charge is 2.30. The largest absolute Gasteiger partial charge is 0.397 e. The van der Waals surface area contributed by atoms with Gasteiger partial charge in [0.1, 0.15) is 5.69 Å². The zero-order chi connectivity index (χ0) is 12.6. The molecule has 2 heterocycles. The molecular formula is C12H19N3O2. The van der Waals surface area contributed by atoms with Crippen molar-refractivity contribution in [1.29, 1.82) is 0 Å². The van der Waals surface area contributed by atoms with E-state index in [0.717, 1.165) is 6.42 Å². The number of aromatic nitrogens is 1. The summed E-state index contributed by atoms with van der Waals surface area (Å²) in [6, 6.07) is 1.69. The first kappa shape index (κ1) is 12.0. The molecule has 0 radical (unpaired) electrons. The second-order valence-corrected chi connectivity index (χ2v) is 4.81. The Balaban J connectivity index is 2.09. The molecule has 1 aromatic rings. The molecule has 1 amide bonds. The van der Waals surface area contributed by atoms with Crippen molar-refractivity contribution < 1.29 is 9.90 Å². The topological polar surface area (TPSA) is 71.5 Å². The predicted molar refractivity (Wildman–Crippen MR) is 65.5 cm³/mol. The number of aryl methyl sites for hydroxylation is 1. The van der Waals surface area contributed by atoms with E-state index >= 15 is 0 Å². The van der Waals surface area contributed by atoms with Crippen LogP contribution < -0.4 is 5.73 Å². The average molecular weight is 237 g/mol. The van der Waals surface area contributed by atoms with Gasteiger partial charge in [-0.1, -0.05) is 0 Å². The molecule has 0 aliphatic carbocycles. The minimum Gasteiger partial charge on any atom is -0.397 e. The molecule has 1 saturated heterocycles. The lowest BCUT2D eigenvalue weighted by molar-refractivity contribution is 0.0753. The lowest BCUT2D eigenvalue weighted by Gasteiger charge is -2.17. The quantitative estimate of drug-likeness (QED) is 0.784. The molecule has 2 atom stereocenters. The average Bonchev–Trinajstić information content (AvgIpc) is 2.84. The fourth-order valence-electron chi connectivity index (χ4n) is 2.33. The van der Waals surface area contributed by atoms with E-state index in [4.69, 9.17) is 5.73 Å². The van der Waals surface area contributed by atoms with Crippen LogP contribution in [0.15, 0.2) is 12.3 Å². The van der Waals surface area contributed by atoms with E-state index in [1.165, 1.54) is 0 Å². The Labute approximate surface area is 101 Å². The summed E-state index contributed by atoms with van der Waals surface area (Å²) >= 11 is 0. The maximum Gasteiger partial charge on any atom is 0.270 e. The Morgan fingerprint density at radius 3 is 2.82 bits per heavy atom. The molecule has 2 unspecified atom stereocenters. The van der Waals surface area contributed by atoms with Crippen molar-refractivity contribution in [3.05, 3.63) is 18.0 Å². The lowest BCUT2D eigenvalue weighted by atomic mass is 10.0. The van der Waals surface area contributed by atoms with E-state index in [0.29, 0.717) is 24.5 Å². The first-order valence-electron chi connectivity index (χ1n) is 5.88. The van der Waals surface area contributed by atoms with Crippen molar-refractivity contribution in [2.75, 3.05) is 18.8 Å². The number of rotatable bonds is 2. The minimum atomic E-state index is -0.355. The molecular weight excluding hydrogens is 218 g/mol. The van der Waals surface area contributed by atoms with Gasteiger partial charge in [-0.05, 0) is 19.4 Å². The molecule has 1 aromatic heterocycles. The van der Waals surface area contributed by atoms with Gasteiger partial charge in [0.2, 0.25) is 0 Å². The number of carbonyl (C=O) groups is 1. The second-order valence-electron chi connectivity index (χ2n) is 4.81. The monoisotopic (exact) mass is 237 g/mol. The summed E-state index contributed by atoms with van der Waals surface area (Å²) in [5.74, 6) is 0.184. The van der Waals surface area contributed by atoms with Gasteiger partial charge in [0.15, 0.2) is 0 Å². The first-order chi connectivity index (χ1) is 7.99. The number of nitrogen functional groups attached to an aromatic ring is 1. The number of hydrogen-bond acceptors (Lipinski definition) is 3. The van der Waals surface area contributed by atoms with Gasteiger partial charge in [-0.3, -0.25) is 4.79 Å². The Kier molecular flexibility index (Phi) is 3.11. The predicted octanol–water partition coefficient (Wildman–Crippen LogP) is 0.450. The normalized spacial score (nSPS) is 21.8. The van der Waals surface area contributed by atoms with Gasteiger partial charge in [-0.25, -0.2) is 0 Å². The summed E-state index contributed by atoms with van der Waals surface area (Å²) < 4.78 is 1.74. The van der Waals surface area contributed by atoms with Crippen molar-refractivity contribution >= 4 is 11.6 Å². The zero-order valence-corrected chi connectivity index (χ0v) is 10.3. The zero-order valence-electron chi connectivity index (χ0n) is 10.3. The van der Waals surface area contributed by atoms with Gasteiger partial charge in [0, 0.05) is 32.3 Å². The molecule has 0 bridgehead atoms. The number of amides is 1. The van der Waals surface area contributed by atoms with Crippen LogP contribution in [0.5, 0.6) is 0 Å². The van der Waals surface area contributed by atoms with Crippen molar-refractivity contribution in [2.45, 2.75) is 19.4 Å². The number of nitrogens with zero attached hydrogens (tertiary/aromatic N) is 2. The number of hydrogen-bond donors (Lipinski definition) is 2. The number of anilines is 1. The summed E-state index contributed by atoms with van der Waals surface area (Å²) in [6.07, 6.45) is 2.24. The molecule has 0 spiro atoms. The van der Waals surface area contributed by atoms with E-state index in [-0.39, 0.29) is 17.9 Å². The smallest absolute Gasteiger partial charge is 0.270 e. The van der Waals surface area contributed by atoms with Gasteiger partial charge >= 0.3 is 0 Å². The summed E-state index contributed by atoms with van der Waals surface area (Å²) in [7, 11) is 1.81. The molecule has 2 rings (SSSR count). The molecule has 0 saturated carbocycles. The summed E-state index contributed by atoms with van der Waals surface area (Å²) in [5, 5.41) is 9.52. The van der Waals surface area contributed by atoms with E-state index in [1.54, 1.807) is 28.7 Å². The van der Waals surface area contributed by atoms with Crippen LogP contribution in [0.25, 0.3) is 0 Å². The number of nitrogens with two attached hydrogens (primary N) is 1. The van der Waals surface area contributed by atoms with E-state index in [2.05, 4.69) is 0 Å². The van der Waals surface area contributed by atoms with Crippen LogP contribution in [0, 0.1) is 5.92 Å². The summed E-state index contributed by atoms with van der Waals surface area (Å²) in [5.41, 5.74) is 6.86. The third-order valence-electron chi connectivity index (χ3n) is 3.44. The maximum absolute atomic E-state index is 12.2. The van der Waals surface area contributed by atoms with E-state index in [1.807, 2.05) is 7.05 Å². The molecule has 1 fully saturated rings. The van der Waals surface area contributed by atoms with Crippen LogP contribution in [-0.4, -0.2) is 39.7 Å². The van der Waals surface area contributed by atoms with Crippen molar-refractivity contribution in [3.8, 4) is 0 Å². The van der Waals surface area contributed by atoms with E-state index < -0.39 is 0 Å². The van der Waals surface area contributed by atoms with Crippen molar-refractivity contribution in [3.63, 3.8) is 0 Å². The van der Waals surface area contributed by atoms with Gasteiger partial charge in [0.05, 0.1) is 11.8 Å². The summed E-state index contributed by atoms with van der Waals surface area (Å²) in [4.78, 5) is 14.0. The van der Waals surface area contributed by atoms with Crippen LogP contribution in [0.1, 0.15) is 23.8 Å². The van der Waals surface area contributed by atoms with Crippen LogP contribution in [0.4, 0.5) is 5.69 Å². The van der Waals surface area contributed by atoms with Gasteiger partial charge in [0.25, 0.3) is 5.91 Å². The fraction of sp³-hybridized carbons (Fsp3) is 0.583. The minimum absolute atomic E-state index is 0.00708. The lowest BCUT2D eigenvalue weighted by Crippen LogP contribution is -2.31. The Morgan fingerprint density at radius 1 is 1.65 bits per heavy atom. The van der Waals surface area contributed by atoms with Crippen LogP contribution in [0.2, 0.25) is 0 Å². The van der Waals surface area contributed by atoms with Crippen molar-refractivity contribution in [1.82, 2.24) is 9.47 Å². The maximum atomic E-state index is 12.2. The number of aliphatic hydroxyl groups excluding tert-OH is 1. The number of aliphatic hydroxyl groups is 1. The molecule has 17 heavy (non-hydrogen) atoms. The molecule has 1 aliphatic heterocycles.